The number of aryl methyl sites for hydroxylation is 1. The van der Waals surface area contributed by atoms with E-state index in [9.17, 15) is 4.79 Å². The number of carbonyl (C=O) groups excluding carboxylic acids is 1. The SMILES string of the molecule is CCNC(=O)CCc1ccc(OCC2CO2)cc1. The molecule has 18 heavy (non-hydrogen) atoms. The third-order valence-electron chi connectivity index (χ3n) is 2.78. The Hall–Kier alpha value is -1.55. The highest BCUT2D eigenvalue weighted by Crippen LogP contribution is 2.16. The first-order valence-electron chi connectivity index (χ1n) is 6.38. The van der Waals surface area contributed by atoms with Crippen LogP contribution in [0.4, 0.5) is 0 Å². The highest BCUT2D eigenvalue weighted by Gasteiger charge is 2.22. The molecule has 1 amide bonds. The molecule has 1 unspecified atom stereocenters. The third kappa shape index (κ3) is 4.37. The fraction of sp³-hybridized carbons (Fsp3) is 0.500. The molecule has 4 nitrogen and oxygen atoms in total. The minimum absolute atomic E-state index is 0.101. The van der Waals surface area contributed by atoms with E-state index in [1.165, 1.54) is 0 Å². The number of rotatable bonds is 7. The molecule has 1 N–H and O–H groups in total. The number of amides is 1. The first-order chi connectivity index (χ1) is 8.78. The van der Waals surface area contributed by atoms with Gasteiger partial charge in [0, 0.05) is 13.0 Å². The van der Waals surface area contributed by atoms with Gasteiger partial charge in [-0.3, -0.25) is 4.79 Å². The zero-order chi connectivity index (χ0) is 12.8. The van der Waals surface area contributed by atoms with Crippen LogP contribution in [0.15, 0.2) is 24.3 Å². The van der Waals surface area contributed by atoms with E-state index in [1.807, 2.05) is 31.2 Å². The molecule has 0 bridgehead atoms. The number of hydrogen-bond acceptors (Lipinski definition) is 3. The van der Waals surface area contributed by atoms with Crippen LogP contribution in [0.5, 0.6) is 5.75 Å². The molecule has 4 heteroatoms. The van der Waals surface area contributed by atoms with Gasteiger partial charge < -0.3 is 14.8 Å². The Morgan fingerprint density at radius 3 is 2.78 bits per heavy atom. The van der Waals surface area contributed by atoms with Crippen LogP contribution in [0.2, 0.25) is 0 Å². The van der Waals surface area contributed by atoms with Gasteiger partial charge in [-0.15, -0.1) is 0 Å². The first-order valence-corrected chi connectivity index (χ1v) is 6.38. The van der Waals surface area contributed by atoms with E-state index in [0.717, 1.165) is 24.3 Å². The van der Waals surface area contributed by atoms with E-state index in [0.29, 0.717) is 19.6 Å². The number of ether oxygens (including phenoxy) is 2. The van der Waals surface area contributed by atoms with Gasteiger partial charge in [0.05, 0.1) is 6.61 Å². The standard InChI is InChI=1S/C14H19NO3/c1-2-15-14(16)8-5-11-3-6-12(7-4-11)17-9-13-10-18-13/h3-4,6-7,13H,2,5,8-10H2,1H3,(H,15,16). The van der Waals surface area contributed by atoms with E-state index in [1.54, 1.807) is 0 Å². The summed E-state index contributed by atoms with van der Waals surface area (Å²) in [6, 6.07) is 7.88. The molecule has 98 valence electrons. The van der Waals surface area contributed by atoms with Crippen LogP contribution < -0.4 is 10.1 Å². The second-order valence-corrected chi connectivity index (χ2v) is 4.36. The normalized spacial score (nSPS) is 17.3. The molecular formula is C14H19NO3. The predicted octanol–water partition coefficient (Wildman–Crippen LogP) is 1.53. The van der Waals surface area contributed by atoms with E-state index in [-0.39, 0.29) is 12.0 Å². The molecule has 0 saturated carbocycles. The molecular weight excluding hydrogens is 230 g/mol. The van der Waals surface area contributed by atoms with Crippen molar-refractivity contribution in [3.8, 4) is 5.75 Å². The van der Waals surface area contributed by atoms with E-state index >= 15 is 0 Å². The van der Waals surface area contributed by atoms with Crippen molar-refractivity contribution in [2.24, 2.45) is 0 Å². The van der Waals surface area contributed by atoms with Gasteiger partial charge in [0.1, 0.15) is 18.5 Å². The minimum atomic E-state index is 0.101. The Labute approximate surface area is 107 Å². The fourth-order valence-electron chi connectivity index (χ4n) is 1.65. The minimum Gasteiger partial charge on any atom is -0.491 e. The summed E-state index contributed by atoms with van der Waals surface area (Å²) in [7, 11) is 0. The Balaban J connectivity index is 1.73. The van der Waals surface area contributed by atoms with Gasteiger partial charge in [0.25, 0.3) is 0 Å². The van der Waals surface area contributed by atoms with Crippen LogP contribution in [-0.2, 0) is 16.0 Å². The fourth-order valence-corrected chi connectivity index (χ4v) is 1.65. The lowest BCUT2D eigenvalue weighted by molar-refractivity contribution is -0.120. The molecule has 0 aromatic heterocycles. The lowest BCUT2D eigenvalue weighted by Gasteiger charge is -2.06. The summed E-state index contributed by atoms with van der Waals surface area (Å²) in [4.78, 5) is 11.3. The van der Waals surface area contributed by atoms with Gasteiger partial charge >= 0.3 is 0 Å². The maximum absolute atomic E-state index is 11.3. The second kappa shape index (κ2) is 6.40. The molecule has 2 rings (SSSR count). The van der Waals surface area contributed by atoms with Gasteiger partial charge in [0.2, 0.25) is 5.91 Å². The van der Waals surface area contributed by atoms with Gasteiger partial charge in [-0.1, -0.05) is 12.1 Å². The molecule has 1 fully saturated rings. The van der Waals surface area contributed by atoms with Crippen molar-refractivity contribution in [1.29, 1.82) is 0 Å². The summed E-state index contributed by atoms with van der Waals surface area (Å²) >= 11 is 0. The molecule has 1 heterocycles. The third-order valence-corrected chi connectivity index (χ3v) is 2.78. The predicted molar refractivity (Wildman–Crippen MR) is 68.7 cm³/mol. The summed E-state index contributed by atoms with van der Waals surface area (Å²) in [5.74, 6) is 0.955. The number of epoxide rings is 1. The largest absolute Gasteiger partial charge is 0.491 e. The highest BCUT2D eigenvalue weighted by molar-refractivity contribution is 5.76. The maximum Gasteiger partial charge on any atom is 0.220 e. The van der Waals surface area contributed by atoms with Gasteiger partial charge in [0.15, 0.2) is 0 Å². The molecule has 0 aliphatic carbocycles. The zero-order valence-corrected chi connectivity index (χ0v) is 10.6. The quantitative estimate of drug-likeness (QED) is 0.746. The van der Waals surface area contributed by atoms with Crippen molar-refractivity contribution in [1.82, 2.24) is 5.32 Å². The number of nitrogens with one attached hydrogen (secondary N) is 1. The van der Waals surface area contributed by atoms with Crippen LogP contribution in [0.1, 0.15) is 18.9 Å². The number of carbonyl (C=O) groups is 1. The van der Waals surface area contributed by atoms with Gasteiger partial charge in [-0.05, 0) is 31.0 Å². The van der Waals surface area contributed by atoms with Crippen molar-refractivity contribution in [3.63, 3.8) is 0 Å². The summed E-state index contributed by atoms with van der Waals surface area (Å²) in [5, 5.41) is 2.79. The highest BCUT2D eigenvalue weighted by atomic mass is 16.6. The maximum atomic E-state index is 11.3. The molecule has 1 aromatic carbocycles. The Kier molecular flexibility index (Phi) is 4.59. The summed E-state index contributed by atoms with van der Waals surface area (Å²) in [5.41, 5.74) is 1.15. The van der Waals surface area contributed by atoms with Crippen LogP contribution in [0.25, 0.3) is 0 Å². The molecule has 0 radical (unpaired) electrons. The van der Waals surface area contributed by atoms with Crippen molar-refractivity contribution in [3.05, 3.63) is 29.8 Å². The molecule has 1 aromatic rings. The average molecular weight is 249 g/mol. The number of benzene rings is 1. The average Bonchev–Trinajstić information content (AvgIpc) is 3.19. The summed E-state index contributed by atoms with van der Waals surface area (Å²) < 4.78 is 10.6. The Morgan fingerprint density at radius 2 is 2.17 bits per heavy atom. The van der Waals surface area contributed by atoms with Crippen LogP contribution >= 0.6 is 0 Å². The molecule has 1 aliphatic rings. The molecule has 0 spiro atoms. The van der Waals surface area contributed by atoms with Crippen LogP contribution in [0.3, 0.4) is 0 Å². The smallest absolute Gasteiger partial charge is 0.220 e. The zero-order valence-electron chi connectivity index (χ0n) is 10.6. The Bertz CT molecular complexity index is 385. The Morgan fingerprint density at radius 1 is 1.44 bits per heavy atom. The van der Waals surface area contributed by atoms with Crippen LogP contribution in [-0.4, -0.2) is 31.8 Å². The van der Waals surface area contributed by atoms with Crippen molar-refractivity contribution >= 4 is 5.91 Å². The van der Waals surface area contributed by atoms with E-state index < -0.39 is 0 Å². The first kappa shape index (κ1) is 12.9. The van der Waals surface area contributed by atoms with E-state index in [4.69, 9.17) is 9.47 Å². The lowest BCUT2D eigenvalue weighted by Crippen LogP contribution is -2.22. The van der Waals surface area contributed by atoms with Crippen LogP contribution in [0, 0.1) is 0 Å². The van der Waals surface area contributed by atoms with Crippen molar-refractivity contribution < 1.29 is 14.3 Å². The van der Waals surface area contributed by atoms with Crippen molar-refractivity contribution in [2.45, 2.75) is 25.9 Å². The molecule has 1 atom stereocenters. The molecule has 1 saturated heterocycles. The molecule has 1 aliphatic heterocycles. The monoisotopic (exact) mass is 249 g/mol. The van der Waals surface area contributed by atoms with Gasteiger partial charge in [-0.2, -0.15) is 0 Å². The lowest BCUT2D eigenvalue weighted by atomic mass is 10.1. The summed E-state index contributed by atoms with van der Waals surface area (Å²) in [6.07, 6.45) is 1.57. The summed E-state index contributed by atoms with van der Waals surface area (Å²) in [6.45, 7) is 4.05. The van der Waals surface area contributed by atoms with Gasteiger partial charge in [-0.25, -0.2) is 0 Å². The second-order valence-electron chi connectivity index (χ2n) is 4.36. The van der Waals surface area contributed by atoms with E-state index in [2.05, 4.69) is 5.32 Å². The topological polar surface area (TPSA) is 50.9 Å². The number of hydrogen-bond donors (Lipinski definition) is 1. The van der Waals surface area contributed by atoms with Crippen molar-refractivity contribution in [2.75, 3.05) is 19.8 Å².